The molecule has 0 aliphatic carbocycles. The summed E-state index contributed by atoms with van der Waals surface area (Å²) >= 11 is 6.26. The molecule has 0 spiro atoms. The van der Waals surface area contributed by atoms with E-state index in [2.05, 4.69) is 14.5 Å². The van der Waals surface area contributed by atoms with Crippen LogP contribution in [-0.4, -0.2) is 51.9 Å². The smallest absolute Gasteiger partial charge is 0.337 e. The Morgan fingerprint density at radius 1 is 1.07 bits per heavy atom. The molecule has 0 bridgehead atoms. The summed E-state index contributed by atoms with van der Waals surface area (Å²) in [6, 6.07) is 12.4. The summed E-state index contributed by atoms with van der Waals surface area (Å²) in [6.07, 6.45) is 0.987. The number of carboxylic acids is 1. The Hall–Kier alpha value is -2.45. The summed E-state index contributed by atoms with van der Waals surface area (Å²) in [5.41, 5.74) is 1.71. The highest BCUT2D eigenvalue weighted by molar-refractivity contribution is 7.92. The van der Waals surface area contributed by atoms with Gasteiger partial charge in [-0.05, 0) is 30.3 Å². The van der Waals surface area contributed by atoms with Gasteiger partial charge in [-0.15, -0.1) is 0 Å². The van der Waals surface area contributed by atoms with Crippen LogP contribution in [0.3, 0.4) is 0 Å². The molecule has 2 N–H and O–H groups in total. The molecule has 7 nitrogen and oxygen atoms in total. The molecular weight excluding hydrogens is 390 g/mol. The zero-order valence-electron chi connectivity index (χ0n) is 14.7. The molecule has 1 aliphatic heterocycles. The van der Waals surface area contributed by atoms with Crippen LogP contribution in [0, 0.1) is 0 Å². The van der Waals surface area contributed by atoms with E-state index in [1.54, 1.807) is 6.07 Å². The molecule has 2 aromatic carbocycles. The number of hydrogen-bond acceptors (Lipinski definition) is 5. The minimum absolute atomic E-state index is 0.0588. The van der Waals surface area contributed by atoms with Crippen molar-refractivity contribution in [2.75, 3.05) is 47.0 Å². The molecule has 0 unspecified atom stereocenters. The maximum absolute atomic E-state index is 11.5. The first-order chi connectivity index (χ1) is 12.7. The highest BCUT2D eigenvalue weighted by atomic mass is 35.5. The fourth-order valence-electron chi connectivity index (χ4n) is 3.11. The van der Waals surface area contributed by atoms with E-state index >= 15 is 0 Å². The second kappa shape index (κ2) is 7.66. The molecule has 1 aliphatic rings. The molecule has 1 saturated heterocycles. The molecule has 2 aromatic rings. The maximum atomic E-state index is 11.5. The van der Waals surface area contributed by atoms with E-state index in [1.807, 2.05) is 24.3 Å². The van der Waals surface area contributed by atoms with Crippen LogP contribution in [0.5, 0.6) is 0 Å². The van der Waals surface area contributed by atoms with Gasteiger partial charge in [0.2, 0.25) is 10.0 Å². The van der Waals surface area contributed by atoms with Crippen molar-refractivity contribution in [3.63, 3.8) is 0 Å². The van der Waals surface area contributed by atoms with Gasteiger partial charge in [0.05, 0.1) is 28.2 Å². The molecule has 27 heavy (non-hydrogen) atoms. The number of sulfonamides is 1. The molecule has 9 heteroatoms. The Morgan fingerprint density at radius 3 is 2.30 bits per heavy atom. The molecule has 144 valence electrons. The fourth-order valence-corrected chi connectivity index (χ4v) is 3.94. The minimum Gasteiger partial charge on any atom is -0.478 e. The Kier molecular flexibility index (Phi) is 5.48. The van der Waals surface area contributed by atoms with Crippen LogP contribution in [0.1, 0.15) is 10.4 Å². The number of carbonyl (C=O) groups is 1. The summed E-state index contributed by atoms with van der Waals surface area (Å²) in [4.78, 5) is 15.8. The quantitative estimate of drug-likeness (QED) is 0.789. The normalized spacial score (nSPS) is 14.9. The lowest BCUT2D eigenvalue weighted by molar-refractivity contribution is 0.0698. The SMILES string of the molecule is CS(=O)(=O)Nc1ccc(N2CCN(c3ccccc3Cl)CC2)cc1C(=O)O. The van der Waals surface area contributed by atoms with Gasteiger partial charge in [0.25, 0.3) is 0 Å². The van der Waals surface area contributed by atoms with Gasteiger partial charge in [-0.3, -0.25) is 4.72 Å². The first kappa shape index (κ1) is 19.3. The molecule has 1 fully saturated rings. The number of nitrogens with zero attached hydrogens (tertiary/aromatic N) is 2. The van der Waals surface area contributed by atoms with Crippen LogP contribution in [0.4, 0.5) is 17.1 Å². The molecular formula is C18H20ClN3O4S. The molecule has 3 rings (SSSR count). The van der Waals surface area contributed by atoms with Gasteiger partial charge in [0, 0.05) is 31.9 Å². The van der Waals surface area contributed by atoms with Crippen molar-refractivity contribution >= 4 is 44.7 Å². The first-order valence-corrected chi connectivity index (χ1v) is 10.6. The number of piperazine rings is 1. The molecule has 0 aromatic heterocycles. The number of hydrogen-bond donors (Lipinski definition) is 2. The molecule has 0 amide bonds. The average molecular weight is 410 g/mol. The number of nitrogens with one attached hydrogen (secondary N) is 1. The summed E-state index contributed by atoms with van der Waals surface area (Å²) in [6.45, 7) is 2.89. The second-order valence-electron chi connectivity index (χ2n) is 6.33. The van der Waals surface area contributed by atoms with E-state index in [0.29, 0.717) is 18.1 Å². The number of carboxylic acid groups (broad SMARTS) is 1. The largest absolute Gasteiger partial charge is 0.478 e. The van der Waals surface area contributed by atoms with Crippen LogP contribution < -0.4 is 14.5 Å². The van der Waals surface area contributed by atoms with Crippen molar-refractivity contribution in [2.45, 2.75) is 0 Å². The zero-order valence-corrected chi connectivity index (χ0v) is 16.3. The van der Waals surface area contributed by atoms with Crippen molar-refractivity contribution in [3.8, 4) is 0 Å². The number of halogens is 1. The van der Waals surface area contributed by atoms with Crippen molar-refractivity contribution in [1.29, 1.82) is 0 Å². The first-order valence-electron chi connectivity index (χ1n) is 8.34. The van der Waals surface area contributed by atoms with E-state index in [9.17, 15) is 18.3 Å². The third-order valence-corrected chi connectivity index (χ3v) is 5.28. The van der Waals surface area contributed by atoms with E-state index in [-0.39, 0.29) is 11.3 Å². The summed E-state index contributed by atoms with van der Waals surface area (Å²) in [7, 11) is -3.56. The van der Waals surface area contributed by atoms with Crippen LogP contribution >= 0.6 is 11.6 Å². The number of rotatable bonds is 5. The Bertz CT molecular complexity index is 957. The van der Waals surface area contributed by atoms with Crippen LogP contribution in [0.2, 0.25) is 5.02 Å². The molecule has 0 radical (unpaired) electrons. The highest BCUT2D eigenvalue weighted by Crippen LogP contribution is 2.29. The maximum Gasteiger partial charge on any atom is 0.337 e. The molecule has 0 saturated carbocycles. The third-order valence-electron chi connectivity index (χ3n) is 4.37. The lowest BCUT2D eigenvalue weighted by Crippen LogP contribution is -2.46. The van der Waals surface area contributed by atoms with Gasteiger partial charge >= 0.3 is 5.97 Å². The Morgan fingerprint density at radius 2 is 1.70 bits per heavy atom. The van der Waals surface area contributed by atoms with Crippen molar-refractivity contribution in [2.24, 2.45) is 0 Å². The van der Waals surface area contributed by atoms with Gasteiger partial charge in [0.1, 0.15) is 0 Å². The predicted octanol–water partition coefficient (Wildman–Crippen LogP) is 2.74. The van der Waals surface area contributed by atoms with E-state index in [4.69, 9.17) is 11.6 Å². The highest BCUT2D eigenvalue weighted by Gasteiger charge is 2.21. The number of anilines is 3. The van der Waals surface area contributed by atoms with Crippen molar-refractivity contribution in [1.82, 2.24) is 0 Å². The number of benzene rings is 2. The number of aromatic carboxylic acids is 1. The third kappa shape index (κ3) is 4.64. The summed E-state index contributed by atoms with van der Waals surface area (Å²) in [5.74, 6) is -1.18. The van der Waals surface area contributed by atoms with E-state index < -0.39 is 16.0 Å². The second-order valence-corrected chi connectivity index (χ2v) is 8.49. The Labute approximate surface area is 163 Å². The predicted molar refractivity (Wildman–Crippen MR) is 108 cm³/mol. The summed E-state index contributed by atoms with van der Waals surface area (Å²) < 4.78 is 25.1. The van der Waals surface area contributed by atoms with E-state index in [1.165, 1.54) is 12.1 Å². The van der Waals surface area contributed by atoms with Crippen LogP contribution in [0.15, 0.2) is 42.5 Å². The average Bonchev–Trinajstić information content (AvgIpc) is 2.61. The standard InChI is InChI=1S/C18H20ClN3O4S/c1-27(25,26)20-16-7-6-13(12-14(16)18(23)24)21-8-10-22(11-9-21)17-5-3-2-4-15(17)19/h2-7,12,20H,8-11H2,1H3,(H,23,24). The van der Waals surface area contributed by atoms with Gasteiger partial charge in [-0.25, -0.2) is 13.2 Å². The lowest BCUT2D eigenvalue weighted by Gasteiger charge is -2.37. The number of para-hydroxylation sites is 1. The van der Waals surface area contributed by atoms with Gasteiger partial charge in [-0.2, -0.15) is 0 Å². The van der Waals surface area contributed by atoms with Gasteiger partial charge in [-0.1, -0.05) is 23.7 Å². The zero-order chi connectivity index (χ0) is 19.6. The van der Waals surface area contributed by atoms with Gasteiger partial charge in [0.15, 0.2) is 0 Å². The fraction of sp³-hybridized carbons (Fsp3) is 0.278. The van der Waals surface area contributed by atoms with Crippen LogP contribution in [-0.2, 0) is 10.0 Å². The minimum atomic E-state index is -3.56. The Balaban J connectivity index is 1.77. The van der Waals surface area contributed by atoms with Crippen molar-refractivity contribution < 1.29 is 18.3 Å². The van der Waals surface area contributed by atoms with Crippen molar-refractivity contribution in [3.05, 3.63) is 53.1 Å². The topological polar surface area (TPSA) is 90.0 Å². The summed E-state index contributed by atoms with van der Waals surface area (Å²) in [5, 5.41) is 10.1. The van der Waals surface area contributed by atoms with Gasteiger partial charge < -0.3 is 14.9 Å². The van der Waals surface area contributed by atoms with Crippen LogP contribution in [0.25, 0.3) is 0 Å². The molecule has 1 heterocycles. The van der Waals surface area contributed by atoms with E-state index in [0.717, 1.165) is 30.7 Å². The molecule has 0 atom stereocenters. The monoisotopic (exact) mass is 409 g/mol. The lowest BCUT2D eigenvalue weighted by atomic mass is 10.1.